The minimum atomic E-state index is 0.145. The zero-order chi connectivity index (χ0) is 9.02. The van der Waals surface area contributed by atoms with E-state index in [1.54, 1.807) is 0 Å². The first-order valence-corrected chi connectivity index (χ1v) is 6.03. The highest BCUT2D eigenvalue weighted by atomic mass is 32.1. The van der Waals surface area contributed by atoms with Gasteiger partial charge in [-0.25, -0.2) is 0 Å². The Bertz CT molecular complexity index is 105. The van der Waals surface area contributed by atoms with Crippen LogP contribution >= 0.6 is 63.1 Å². The van der Waals surface area contributed by atoms with Crippen LogP contribution in [0.4, 0.5) is 0 Å². The van der Waals surface area contributed by atoms with Gasteiger partial charge in [0.25, 0.3) is 0 Å². The SMILES string of the molecule is CC(S)C(S)C(S)C(S)CS. The number of rotatable bonds is 4. The Kier molecular flexibility index (Phi) is 7.23. The second-order valence-corrected chi connectivity index (χ2v) is 5.51. The maximum Gasteiger partial charge on any atom is 0.0268 e. The van der Waals surface area contributed by atoms with E-state index < -0.39 is 0 Å². The van der Waals surface area contributed by atoms with Gasteiger partial charge in [-0.3, -0.25) is 0 Å². The molecule has 0 nitrogen and oxygen atoms in total. The summed E-state index contributed by atoms with van der Waals surface area (Å²) in [6.07, 6.45) is 0. The van der Waals surface area contributed by atoms with E-state index in [0.717, 1.165) is 5.75 Å². The lowest BCUT2D eigenvalue weighted by molar-refractivity contribution is 0.780. The van der Waals surface area contributed by atoms with Gasteiger partial charge in [0.2, 0.25) is 0 Å². The van der Waals surface area contributed by atoms with E-state index in [1.165, 1.54) is 0 Å². The van der Waals surface area contributed by atoms with Crippen LogP contribution in [0.5, 0.6) is 0 Å². The van der Waals surface area contributed by atoms with Crippen LogP contribution in [-0.2, 0) is 0 Å². The van der Waals surface area contributed by atoms with Crippen LogP contribution < -0.4 is 0 Å². The molecule has 0 rings (SSSR count). The van der Waals surface area contributed by atoms with E-state index >= 15 is 0 Å². The van der Waals surface area contributed by atoms with Gasteiger partial charge in [0.1, 0.15) is 0 Å². The summed E-state index contributed by atoms with van der Waals surface area (Å²) in [5, 5.41) is 0.720. The molecule has 4 unspecified atom stereocenters. The molecule has 68 valence electrons. The van der Waals surface area contributed by atoms with Gasteiger partial charge in [0, 0.05) is 26.8 Å². The van der Waals surface area contributed by atoms with E-state index in [9.17, 15) is 0 Å². The maximum absolute atomic E-state index is 4.39. The largest absolute Gasteiger partial charge is 0.178 e. The van der Waals surface area contributed by atoms with Crippen molar-refractivity contribution in [3.63, 3.8) is 0 Å². The van der Waals surface area contributed by atoms with E-state index in [-0.39, 0.29) is 21.0 Å². The zero-order valence-corrected chi connectivity index (χ0v) is 10.7. The lowest BCUT2D eigenvalue weighted by atomic mass is 10.2. The summed E-state index contributed by atoms with van der Waals surface area (Å²) in [5.74, 6) is 0.717. The molecular formula is C6H14S5. The number of hydrogen-bond acceptors (Lipinski definition) is 5. The Labute approximate surface area is 96.3 Å². The Morgan fingerprint density at radius 2 is 1.45 bits per heavy atom. The molecule has 0 fully saturated rings. The molecule has 0 aromatic rings. The fourth-order valence-electron chi connectivity index (χ4n) is 0.621. The smallest absolute Gasteiger partial charge is 0.0268 e. The number of hydrogen-bond donors (Lipinski definition) is 5. The molecule has 0 aromatic carbocycles. The van der Waals surface area contributed by atoms with E-state index in [2.05, 4.69) is 63.1 Å². The van der Waals surface area contributed by atoms with Gasteiger partial charge >= 0.3 is 0 Å². The molecule has 0 amide bonds. The molecular weight excluding hydrogens is 232 g/mol. The summed E-state index contributed by atoms with van der Waals surface area (Å²) in [7, 11) is 0. The highest BCUT2D eigenvalue weighted by Gasteiger charge is 2.23. The van der Waals surface area contributed by atoms with Crippen LogP contribution in [0.15, 0.2) is 0 Å². The average molecular weight is 247 g/mol. The standard InChI is InChI=1S/C6H14S5/c1-3(8)5(10)6(11)4(9)2-7/h3-11H,2H2,1H3. The monoisotopic (exact) mass is 246 g/mol. The molecule has 0 spiro atoms. The summed E-state index contributed by atoms with van der Waals surface area (Å²) in [5.41, 5.74) is 0. The zero-order valence-electron chi connectivity index (χ0n) is 6.25. The molecule has 0 N–H and O–H groups in total. The molecule has 0 heterocycles. The molecule has 0 aliphatic rings. The maximum atomic E-state index is 4.39. The van der Waals surface area contributed by atoms with Gasteiger partial charge in [0.15, 0.2) is 0 Å². The normalized spacial score (nSPS) is 22.4. The first kappa shape index (κ1) is 12.8. The van der Waals surface area contributed by atoms with Crippen molar-refractivity contribution in [2.45, 2.75) is 27.9 Å². The van der Waals surface area contributed by atoms with E-state index in [0.29, 0.717) is 0 Å². The Hall–Kier alpha value is 1.75. The Morgan fingerprint density at radius 3 is 1.73 bits per heavy atom. The Morgan fingerprint density at radius 1 is 1.00 bits per heavy atom. The van der Waals surface area contributed by atoms with Crippen molar-refractivity contribution in [1.29, 1.82) is 0 Å². The second-order valence-electron chi connectivity index (χ2n) is 2.47. The van der Waals surface area contributed by atoms with Crippen molar-refractivity contribution in [1.82, 2.24) is 0 Å². The molecule has 5 heteroatoms. The van der Waals surface area contributed by atoms with Gasteiger partial charge in [-0.1, -0.05) is 6.92 Å². The third-order valence-electron chi connectivity index (χ3n) is 1.43. The Balaban J connectivity index is 3.90. The molecule has 11 heavy (non-hydrogen) atoms. The quantitative estimate of drug-likeness (QED) is 0.461. The summed E-state index contributed by atoms with van der Waals surface area (Å²) in [6.45, 7) is 2.00. The van der Waals surface area contributed by atoms with E-state index in [1.807, 2.05) is 6.92 Å². The second kappa shape index (κ2) is 6.24. The minimum Gasteiger partial charge on any atom is -0.178 e. The van der Waals surface area contributed by atoms with Crippen molar-refractivity contribution >= 4 is 63.1 Å². The van der Waals surface area contributed by atoms with Crippen molar-refractivity contribution in [2.24, 2.45) is 0 Å². The lowest BCUT2D eigenvalue weighted by Crippen LogP contribution is -2.32. The van der Waals surface area contributed by atoms with Crippen LogP contribution in [0.1, 0.15) is 6.92 Å². The predicted octanol–water partition coefficient (Wildman–Crippen LogP) is 2.13. The summed E-state index contributed by atoms with van der Waals surface area (Å²) >= 11 is 21.5. The minimum absolute atomic E-state index is 0.145. The molecule has 0 saturated heterocycles. The molecule has 0 bridgehead atoms. The van der Waals surface area contributed by atoms with Gasteiger partial charge in [0.05, 0.1) is 0 Å². The van der Waals surface area contributed by atoms with Gasteiger partial charge < -0.3 is 0 Å². The van der Waals surface area contributed by atoms with Crippen LogP contribution in [0.25, 0.3) is 0 Å². The number of thiol groups is 5. The summed E-state index contributed by atoms with van der Waals surface area (Å²) in [4.78, 5) is 0. The summed E-state index contributed by atoms with van der Waals surface area (Å²) < 4.78 is 0. The summed E-state index contributed by atoms with van der Waals surface area (Å²) in [6, 6.07) is 0. The van der Waals surface area contributed by atoms with Gasteiger partial charge in [-0.2, -0.15) is 63.1 Å². The highest BCUT2D eigenvalue weighted by molar-refractivity contribution is 7.89. The molecule has 0 aliphatic carbocycles. The van der Waals surface area contributed by atoms with Crippen molar-refractivity contribution < 1.29 is 0 Å². The average Bonchev–Trinajstić information content (AvgIpc) is 2.00. The fraction of sp³-hybridized carbons (Fsp3) is 1.00. The predicted molar refractivity (Wildman–Crippen MR) is 70.6 cm³/mol. The lowest BCUT2D eigenvalue weighted by Gasteiger charge is -2.24. The third-order valence-corrected chi connectivity index (χ3v) is 5.09. The van der Waals surface area contributed by atoms with Crippen LogP contribution in [0, 0.1) is 0 Å². The van der Waals surface area contributed by atoms with Crippen molar-refractivity contribution in [3.05, 3.63) is 0 Å². The molecule has 0 aliphatic heterocycles. The van der Waals surface area contributed by atoms with Crippen molar-refractivity contribution in [3.8, 4) is 0 Å². The van der Waals surface area contributed by atoms with Crippen LogP contribution in [0.2, 0.25) is 0 Å². The fourth-order valence-corrected chi connectivity index (χ4v) is 2.23. The third kappa shape index (κ3) is 4.50. The first-order valence-electron chi connectivity index (χ1n) is 3.33. The molecule has 0 aromatic heterocycles. The topological polar surface area (TPSA) is 0 Å². The van der Waals surface area contributed by atoms with Crippen LogP contribution in [-0.4, -0.2) is 26.8 Å². The van der Waals surface area contributed by atoms with Crippen molar-refractivity contribution in [2.75, 3.05) is 5.75 Å². The van der Waals surface area contributed by atoms with E-state index in [4.69, 9.17) is 0 Å². The molecule has 0 radical (unpaired) electrons. The molecule has 0 saturated carbocycles. The van der Waals surface area contributed by atoms with Gasteiger partial charge in [-0.15, -0.1) is 0 Å². The van der Waals surface area contributed by atoms with Crippen LogP contribution in [0.3, 0.4) is 0 Å². The molecule has 4 atom stereocenters. The van der Waals surface area contributed by atoms with Gasteiger partial charge in [-0.05, 0) is 0 Å². The highest BCUT2D eigenvalue weighted by Crippen LogP contribution is 2.23. The first-order chi connectivity index (χ1) is 5.00.